The van der Waals surface area contributed by atoms with Crippen LogP contribution in [0.5, 0.6) is 5.06 Å². The van der Waals surface area contributed by atoms with Gasteiger partial charge in [-0.05, 0) is 36.8 Å². The first-order valence-electron chi connectivity index (χ1n) is 5.30. The second-order valence-electron chi connectivity index (χ2n) is 3.75. The molecule has 17 heavy (non-hydrogen) atoms. The largest absolute Gasteiger partial charge is 0.479 e. The highest BCUT2D eigenvalue weighted by atomic mass is 32.1. The number of rotatable bonds is 4. The van der Waals surface area contributed by atoms with Crippen LogP contribution in [0.15, 0.2) is 36.4 Å². The number of benzene rings is 1. The summed E-state index contributed by atoms with van der Waals surface area (Å²) in [7, 11) is 0. The van der Waals surface area contributed by atoms with Crippen LogP contribution in [0.1, 0.15) is 23.5 Å². The van der Waals surface area contributed by atoms with E-state index in [2.05, 4.69) is 0 Å². The minimum absolute atomic E-state index is 0.249. The maximum absolute atomic E-state index is 12.7. The third-order valence-corrected chi connectivity index (χ3v) is 3.48. The second-order valence-corrected chi connectivity index (χ2v) is 4.83. The van der Waals surface area contributed by atoms with Crippen molar-refractivity contribution in [2.24, 2.45) is 0 Å². The van der Waals surface area contributed by atoms with Gasteiger partial charge >= 0.3 is 0 Å². The van der Waals surface area contributed by atoms with Crippen LogP contribution in [0.25, 0.3) is 0 Å². The molecule has 0 aliphatic carbocycles. The van der Waals surface area contributed by atoms with Gasteiger partial charge in [-0.2, -0.15) is 0 Å². The zero-order chi connectivity index (χ0) is 12.3. The Labute approximate surface area is 103 Å². The van der Waals surface area contributed by atoms with E-state index in [9.17, 15) is 9.50 Å². The number of ether oxygens (including phenoxy) is 1. The molecule has 0 spiro atoms. The van der Waals surface area contributed by atoms with Crippen LogP contribution < -0.4 is 4.74 Å². The van der Waals surface area contributed by atoms with E-state index in [1.54, 1.807) is 19.1 Å². The van der Waals surface area contributed by atoms with Gasteiger partial charge in [0.25, 0.3) is 0 Å². The molecule has 0 amide bonds. The Balaban J connectivity index is 1.95. The molecule has 1 N–H and O–H groups in total. The molecule has 0 aliphatic heterocycles. The fraction of sp³-hybridized carbons (Fsp3) is 0.231. The van der Waals surface area contributed by atoms with Crippen molar-refractivity contribution in [3.05, 3.63) is 52.7 Å². The highest BCUT2D eigenvalue weighted by Gasteiger charge is 2.05. The number of aliphatic hydroxyl groups excluding tert-OH is 1. The summed E-state index contributed by atoms with van der Waals surface area (Å²) < 4.78 is 18.2. The Bertz CT molecular complexity index is 476. The van der Waals surface area contributed by atoms with Crippen molar-refractivity contribution in [2.45, 2.75) is 19.6 Å². The van der Waals surface area contributed by atoms with Crippen molar-refractivity contribution >= 4 is 11.3 Å². The Morgan fingerprint density at radius 3 is 2.53 bits per heavy atom. The fourth-order valence-corrected chi connectivity index (χ4v) is 2.16. The third-order valence-electron chi connectivity index (χ3n) is 2.31. The van der Waals surface area contributed by atoms with E-state index in [1.807, 2.05) is 12.1 Å². The molecule has 2 rings (SSSR count). The molecule has 90 valence electrons. The molecule has 4 heteroatoms. The van der Waals surface area contributed by atoms with Gasteiger partial charge in [0.05, 0.1) is 6.10 Å². The molecule has 2 aromatic rings. The second kappa shape index (κ2) is 5.29. The van der Waals surface area contributed by atoms with Crippen LogP contribution >= 0.6 is 11.3 Å². The molecule has 0 aliphatic rings. The highest BCUT2D eigenvalue weighted by Crippen LogP contribution is 2.29. The molecular formula is C13H13FO2S. The molecule has 0 saturated carbocycles. The smallest absolute Gasteiger partial charge is 0.174 e. The lowest BCUT2D eigenvalue weighted by Gasteiger charge is -2.03. The van der Waals surface area contributed by atoms with E-state index in [0.717, 1.165) is 15.5 Å². The van der Waals surface area contributed by atoms with Gasteiger partial charge in [0.15, 0.2) is 5.06 Å². The molecule has 0 fully saturated rings. The van der Waals surface area contributed by atoms with Crippen molar-refractivity contribution in [3.8, 4) is 5.06 Å². The van der Waals surface area contributed by atoms with Gasteiger partial charge in [-0.1, -0.05) is 12.1 Å². The van der Waals surface area contributed by atoms with Gasteiger partial charge in [-0.3, -0.25) is 0 Å². The summed E-state index contributed by atoms with van der Waals surface area (Å²) in [5.74, 6) is -0.249. The molecule has 1 atom stereocenters. The van der Waals surface area contributed by atoms with Crippen LogP contribution in [0.2, 0.25) is 0 Å². The van der Waals surface area contributed by atoms with Crippen LogP contribution in [0.3, 0.4) is 0 Å². The van der Waals surface area contributed by atoms with E-state index in [0.29, 0.717) is 6.61 Å². The minimum atomic E-state index is -0.469. The monoisotopic (exact) mass is 252 g/mol. The number of hydrogen-bond donors (Lipinski definition) is 1. The summed E-state index contributed by atoms with van der Waals surface area (Å²) >= 11 is 1.42. The zero-order valence-electron chi connectivity index (χ0n) is 9.39. The summed E-state index contributed by atoms with van der Waals surface area (Å²) in [6.07, 6.45) is -0.469. The fourth-order valence-electron chi connectivity index (χ4n) is 1.37. The normalized spacial score (nSPS) is 12.4. The Morgan fingerprint density at radius 1 is 1.24 bits per heavy atom. The maximum Gasteiger partial charge on any atom is 0.174 e. The lowest BCUT2D eigenvalue weighted by molar-refractivity contribution is 0.203. The molecule has 0 radical (unpaired) electrons. The van der Waals surface area contributed by atoms with Gasteiger partial charge < -0.3 is 9.84 Å². The molecule has 0 saturated heterocycles. The Morgan fingerprint density at radius 2 is 1.94 bits per heavy atom. The molecule has 2 nitrogen and oxygen atoms in total. The summed E-state index contributed by atoms with van der Waals surface area (Å²) in [5, 5.41) is 10.1. The lowest BCUT2D eigenvalue weighted by Crippen LogP contribution is -1.93. The molecule has 1 unspecified atom stereocenters. The summed E-state index contributed by atoms with van der Waals surface area (Å²) in [6.45, 7) is 2.12. The quantitative estimate of drug-likeness (QED) is 0.902. The number of aliphatic hydroxyl groups is 1. The minimum Gasteiger partial charge on any atom is -0.479 e. The average molecular weight is 252 g/mol. The lowest BCUT2D eigenvalue weighted by atomic mass is 10.2. The zero-order valence-corrected chi connectivity index (χ0v) is 10.2. The number of hydrogen-bond acceptors (Lipinski definition) is 3. The SMILES string of the molecule is CC(O)c1ccc(OCc2ccc(F)cc2)s1. The predicted molar refractivity (Wildman–Crippen MR) is 65.7 cm³/mol. The van der Waals surface area contributed by atoms with Gasteiger partial charge in [-0.15, -0.1) is 11.3 Å². The van der Waals surface area contributed by atoms with E-state index < -0.39 is 6.10 Å². The van der Waals surface area contributed by atoms with Crippen molar-refractivity contribution in [1.82, 2.24) is 0 Å². The molecular weight excluding hydrogens is 239 g/mol. The van der Waals surface area contributed by atoms with Crippen LogP contribution in [0, 0.1) is 5.82 Å². The highest BCUT2D eigenvalue weighted by molar-refractivity contribution is 7.13. The first kappa shape index (κ1) is 12.1. The van der Waals surface area contributed by atoms with Crippen molar-refractivity contribution in [1.29, 1.82) is 0 Å². The van der Waals surface area contributed by atoms with Crippen LogP contribution in [-0.4, -0.2) is 5.11 Å². The first-order chi connectivity index (χ1) is 8.15. The molecule has 1 aromatic heterocycles. The topological polar surface area (TPSA) is 29.5 Å². The van der Waals surface area contributed by atoms with Crippen LogP contribution in [0.4, 0.5) is 4.39 Å². The average Bonchev–Trinajstić information content (AvgIpc) is 2.77. The van der Waals surface area contributed by atoms with E-state index in [4.69, 9.17) is 4.74 Å². The summed E-state index contributed by atoms with van der Waals surface area (Å²) in [4.78, 5) is 0.874. The van der Waals surface area contributed by atoms with Gasteiger partial charge in [0.1, 0.15) is 12.4 Å². The number of thiophene rings is 1. The Hall–Kier alpha value is -1.39. The van der Waals surface area contributed by atoms with Crippen LogP contribution in [-0.2, 0) is 6.61 Å². The molecule has 1 heterocycles. The maximum atomic E-state index is 12.7. The van der Waals surface area contributed by atoms with Crippen molar-refractivity contribution in [2.75, 3.05) is 0 Å². The van der Waals surface area contributed by atoms with Crippen molar-refractivity contribution in [3.63, 3.8) is 0 Å². The van der Waals surface area contributed by atoms with E-state index in [1.165, 1.54) is 23.5 Å². The van der Waals surface area contributed by atoms with Gasteiger partial charge in [-0.25, -0.2) is 4.39 Å². The Kier molecular flexibility index (Phi) is 3.76. The predicted octanol–water partition coefficient (Wildman–Crippen LogP) is 3.52. The molecule has 1 aromatic carbocycles. The van der Waals surface area contributed by atoms with E-state index >= 15 is 0 Å². The standard InChI is InChI=1S/C13H13FO2S/c1-9(15)12-6-7-13(17-12)16-8-10-2-4-11(14)5-3-10/h2-7,9,15H,8H2,1H3. The summed E-state index contributed by atoms with van der Waals surface area (Å²) in [6, 6.07) is 9.88. The van der Waals surface area contributed by atoms with Crippen molar-refractivity contribution < 1.29 is 14.2 Å². The first-order valence-corrected chi connectivity index (χ1v) is 6.12. The number of halogens is 1. The van der Waals surface area contributed by atoms with Gasteiger partial charge in [0, 0.05) is 4.88 Å². The van der Waals surface area contributed by atoms with E-state index in [-0.39, 0.29) is 5.82 Å². The van der Waals surface area contributed by atoms with Gasteiger partial charge in [0.2, 0.25) is 0 Å². The summed E-state index contributed by atoms with van der Waals surface area (Å²) in [5.41, 5.74) is 0.915. The molecule has 0 bridgehead atoms. The third kappa shape index (κ3) is 3.28.